The average molecular weight is 353 g/mol. The third-order valence-corrected chi connectivity index (χ3v) is 3.31. The summed E-state index contributed by atoms with van der Waals surface area (Å²) < 4.78 is 4.72. The molecule has 0 amide bonds. The van der Waals surface area contributed by atoms with Crippen molar-refractivity contribution < 1.29 is 0 Å². The van der Waals surface area contributed by atoms with Crippen LogP contribution < -0.4 is 0 Å². The van der Waals surface area contributed by atoms with Gasteiger partial charge >= 0.3 is 0 Å². The van der Waals surface area contributed by atoms with Crippen LogP contribution in [0.2, 0.25) is 0 Å². The van der Waals surface area contributed by atoms with Gasteiger partial charge in [0.1, 0.15) is 5.52 Å². The fraction of sp³-hybridized carbons (Fsp3) is 0.250. The first-order valence-corrected chi connectivity index (χ1v) is 6.78. The van der Waals surface area contributed by atoms with Crippen molar-refractivity contribution in [1.29, 1.82) is 0 Å². The molecule has 0 unspecified atom stereocenters. The van der Waals surface area contributed by atoms with E-state index in [2.05, 4.69) is 57.7 Å². The fourth-order valence-corrected chi connectivity index (χ4v) is 2.19. The molecule has 0 bridgehead atoms. The molecule has 3 aromatic rings. The molecule has 0 spiro atoms. The van der Waals surface area contributed by atoms with Crippen LogP contribution in [0.1, 0.15) is 25.5 Å². The predicted octanol–water partition coefficient (Wildman–Crippen LogP) is 2.64. The second-order valence-corrected chi connectivity index (χ2v) is 5.65. The highest BCUT2D eigenvalue weighted by atomic mass is 127. The van der Waals surface area contributed by atoms with Crippen LogP contribution in [0.15, 0.2) is 30.9 Å². The standard InChI is InChI=1S/C12H12IN5/c1-8(2)10-5-11-12(14-3-4-17(11)16-10)18-7-9(13)6-15-18/h3-8H,1-2H3. The molecule has 6 heteroatoms. The van der Waals surface area contributed by atoms with Crippen molar-refractivity contribution in [1.82, 2.24) is 24.4 Å². The minimum absolute atomic E-state index is 0.399. The van der Waals surface area contributed by atoms with E-state index in [9.17, 15) is 0 Å². The van der Waals surface area contributed by atoms with Crippen LogP contribution in [0.4, 0.5) is 0 Å². The van der Waals surface area contributed by atoms with Crippen molar-refractivity contribution in [3.05, 3.63) is 40.1 Å². The van der Waals surface area contributed by atoms with E-state index in [0.29, 0.717) is 5.92 Å². The maximum atomic E-state index is 4.54. The highest BCUT2D eigenvalue weighted by molar-refractivity contribution is 14.1. The molecule has 0 aliphatic carbocycles. The van der Waals surface area contributed by atoms with Gasteiger partial charge in [0.05, 0.1) is 15.5 Å². The normalized spacial score (nSPS) is 11.6. The molecular weight excluding hydrogens is 341 g/mol. The van der Waals surface area contributed by atoms with Crippen molar-refractivity contribution in [3.63, 3.8) is 0 Å². The van der Waals surface area contributed by atoms with Gasteiger partial charge < -0.3 is 0 Å². The highest BCUT2D eigenvalue weighted by Crippen LogP contribution is 2.19. The molecule has 0 aromatic carbocycles. The van der Waals surface area contributed by atoms with E-state index in [1.54, 1.807) is 10.9 Å². The second-order valence-electron chi connectivity index (χ2n) is 4.41. The monoisotopic (exact) mass is 353 g/mol. The van der Waals surface area contributed by atoms with E-state index in [4.69, 9.17) is 0 Å². The summed E-state index contributed by atoms with van der Waals surface area (Å²) >= 11 is 2.23. The molecule has 0 aliphatic heterocycles. The van der Waals surface area contributed by atoms with Crippen LogP contribution >= 0.6 is 22.6 Å². The first kappa shape index (κ1) is 11.6. The molecule has 3 heterocycles. The van der Waals surface area contributed by atoms with Crippen LogP contribution in [0.5, 0.6) is 0 Å². The molecule has 0 atom stereocenters. The molecule has 0 N–H and O–H groups in total. The van der Waals surface area contributed by atoms with E-state index in [1.807, 2.05) is 23.1 Å². The SMILES string of the molecule is CC(C)c1cc2c(-n3cc(I)cn3)nccn2n1. The molecule has 0 saturated carbocycles. The Morgan fingerprint density at radius 2 is 2.17 bits per heavy atom. The molecule has 92 valence electrons. The van der Waals surface area contributed by atoms with E-state index < -0.39 is 0 Å². The summed E-state index contributed by atoms with van der Waals surface area (Å²) in [4.78, 5) is 4.40. The lowest BCUT2D eigenvalue weighted by Crippen LogP contribution is -2.01. The van der Waals surface area contributed by atoms with Gasteiger partial charge in [-0.3, -0.25) is 0 Å². The van der Waals surface area contributed by atoms with Gasteiger partial charge in [0.25, 0.3) is 0 Å². The quantitative estimate of drug-likeness (QED) is 0.666. The van der Waals surface area contributed by atoms with Crippen molar-refractivity contribution >= 4 is 28.1 Å². The van der Waals surface area contributed by atoms with Gasteiger partial charge in [-0.1, -0.05) is 13.8 Å². The average Bonchev–Trinajstić information content (AvgIpc) is 2.94. The Labute approximate surface area is 118 Å². The lowest BCUT2D eigenvalue weighted by atomic mass is 10.1. The second kappa shape index (κ2) is 4.34. The molecule has 18 heavy (non-hydrogen) atoms. The highest BCUT2D eigenvalue weighted by Gasteiger charge is 2.11. The smallest absolute Gasteiger partial charge is 0.179 e. The maximum absolute atomic E-state index is 4.54. The van der Waals surface area contributed by atoms with Gasteiger partial charge in [-0.05, 0) is 34.6 Å². The fourth-order valence-electron chi connectivity index (χ4n) is 1.80. The molecule has 5 nitrogen and oxygen atoms in total. The summed E-state index contributed by atoms with van der Waals surface area (Å²) in [6.45, 7) is 4.26. The Bertz CT molecular complexity index is 697. The number of nitrogens with zero attached hydrogens (tertiary/aromatic N) is 5. The summed E-state index contributed by atoms with van der Waals surface area (Å²) in [5, 5.41) is 8.83. The largest absolute Gasteiger partial charge is 0.235 e. The number of halogens is 1. The topological polar surface area (TPSA) is 48.0 Å². The molecule has 0 fully saturated rings. The molecule has 3 rings (SSSR count). The first-order chi connectivity index (χ1) is 8.65. The number of fused-ring (bicyclic) bond motifs is 1. The zero-order valence-corrected chi connectivity index (χ0v) is 12.2. The van der Waals surface area contributed by atoms with Crippen LogP contribution in [0, 0.1) is 3.57 Å². The van der Waals surface area contributed by atoms with Crippen molar-refractivity contribution in [2.75, 3.05) is 0 Å². The van der Waals surface area contributed by atoms with Gasteiger partial charge in [0.2, 0.25) is 0 Å². The third-order valence-electron chi connectivity index (χ3n) is 2.75. The van der Waals surface area contributed by atoms with Crippen LogP contribution in [0.3, 0.4) is 0 Å². The molecule has 0 aliphatic rings. The van der Waals surface area contributed by atoms with Gasteiger partial charge in [-0.15, -0.1) is 0 Å². The van der Waals surface area contributed by atoms with E-state index in [-0.39, 0.29) is 0 Å². The van der Waals surface area contributed by atoms with Crippen LogP contribution in [-0.2, 0) is 0 Å². The van der Waals surface area contributed by atoms with Gasteiger partial charge in [-0.2, -0.15) is 10.2 Å². The lowest BCUT2D eigenvalue weighted by molar-refractivity contribution is 0.781. The van der Waals surface area contributed by atoms with Gasteiger partial charge in [0, 0.05) is 18.6 Å². The van der Waals surface area contributed by atoms with Crippen molar-refractivity contribution in [3.8, 4) is 5.82 Å². The van der Waals surface area contributed by atoms with Crippen LogP contribution in [-0.4, -0.2) is 24.4 Å². The number of aromatic nitrogens is 5. The Kier molecular flexibility index (Phi) is 2.81. The van der Waals surface area contributed by atoms with Gasteiger partial charge in [0.15, 0.2) is 5.82 Å². The van der Waals surface area contributed by atoms with E-state index >= 15 is 0 Å². The Hall–Kier alpha value is -1.44. The third kappa shape index (κ3) is 1.90. The molecular formula is C12H12IN5. The van der Waals surface area contributed by atoms with Crippen molar-refractivity contribution in [2.24, 2.45) is 0 Å². The molecule has 0 radical (unpaired) electrons. The van der Waals surface area contributed by atoms with Crippen LogP contribution in [0.25, 0.3) is 11.3 Å². The lowest BCUT2D eigenvalue weighted by Gasteiger charge is -2.01. The Morgan fingerprint density at radius 3 is 2.83 bits per heavy atom. The molecule has 3 aromatic heterocycles. The zero-order chi connectivity index (χ0) is 12.7. The Morgan fingerprint density at radius 1 is 1.33 bits per heavy atom. The summed E-state index contributed by atoms with van der Waals surface area (Å²) in [6, 6.07) is 2.07. The first-order valence-electron chi connectivity index (χ1n) is 5.70. The minimum atomic E-state index is 0.399. The van der Waals surface area contributed by atoms with Gasteiger partial charge in [-0.25, -0.2) is 14.2 Å². The Balaban J connectivity index is 2.23. The number of hydrogen-bond acceptors (Lipinski definition) is 3. The number of hydrogen-bond donors (Lipinski definition) is 0. The van der Waals surface area contributed by atoms with E-state index in [0.717, 1.165) is 20.6 Å². The summed E-state index contributed by atoms with van der Waals surface area (Å²) in [5.74, 6) is 1.20. The summed E-state index contributed by atoms with van der Waals surface area (Å²) in [6.07, 6.45) is 7.36. The minimum Gasteiger partial charge on any atom is -0.235 e. The molecule has 0 saturated heterocycles. The number of rotatable bonds is 2. The van der Waals surface area contributed by atoms with E-state index in [1.165, 1.54) is 0 Å². The summed E-state index contributed by atoms with van der Waals surface area (Å²) in [7, 11) is 0. The zero-order valence-electron chi connectivity index (χ0n) is 10.1. The maximum Gasteiger partial charge on any atom is 0.179 e. The predicted molar refractivity (Wildman–Crippen MR) is 76.9 cm³/mol. The summed E-state index contributed by atoms with van der Waals surface area (Å²) in [5.41, 5.74) is 2.03. The van der Waals surface area contributed by atoms with Crippen molar-refractivity contribution in [2.45, 2.75) is 19.8 Å².